The number of hydrogen-bond acceptors (Lipinski definition) is 4. The highest BCUT2D eigenvalue weighted by Gasteiger charge is 2.05. The van der Waals surface area contributed by atoms with E-state index in [1.165, 1.54) is 0 Å². The summed E-state index contributed by atoms with van der Waals surface area (Å²) in [5.74, 6) is 0. The van der Waals surface area contributed by atoms with E-state index in [1.54, 1.807) is 11.3 Å². The summed E-state index contributed by atoms with van der Waals surface area (Å²) in [6.07, 6.45) is 0. The minimum Gasteiger partial charge on any atom is -0.251 e. The van der Waals surface area contributed by atoms with Gasteiger partial charge in [-0.1, -0.05) is 17.4 Å². The Kier molecular flexibility index (Phi) is 2.54. The van der Waals surface area contributed by atoms with Gasteiger partial charge in [-0.15, -0.1) is 10.2 Å². The van der Waals surface area contributed by atoms with Crippen LogP contribution in [0.2, 0.25) is 0 Å². The molecule has 0 aliphatic rings. The third-order valence-corrected chi connectivity index (χ3v) is 3.12. The van der Waals surface area contributed by atoms with Gasteiger partial charge >= 0.3 is 0 Å². The van der Waals surface area contributed by atoms with Crippen molar-refractivity contribution in [3.63, 3.8) is 0 Å². The average Bonchev–Trinajstić information content (AvgIpc) is 2.52. The molecule has 0 bridgehead atoms. The molecule has 0 spiro atoms. The van der Waals surface area contributed by atoms with Crippen LogP contribution in [0.4, 0.5) is 0 Å². The van der Waals surface area contributed by atoms with E-state index < -0.39 is 0 Å². The lowest BCUT2D eigenvalue weighted by molar-refractivity contribution is 1.06. The molecule has 0 unspecified atom stereocenters. The molecule has 2 rings (SSSR count). The summed E-state index contributed by atoms with van der Waals surface area (Å²) in [5, 5.41) is 8.85. The zero-order chi connectivity index (χ0) is 9.26. The first-order valence-electron chi connectivity index (χ1n) is 3.69. The molecule has 3 nitrogen and oxygen atoms in total. The second kappa shape index (κ2) is 3.67. The number of pyridine rings is 1. The molecular formula is C8H6IN3S. The van der Waals surface area contributed by atoms with E-state index in [1.807, 2.05) is 25.1 Å². The fourth-order valence-corrected chi connectivity index (χ4v) is 2.25. The molecule has 0 aliphatic carbocycles. The fraction of sp³-hybridized carbons (Fsp3) is 0.125. The van der Waals surface area contributed by atoms with Gasteiger partial charge in [0.2, 0.25) is 0 Å². The highest BCUT2D eigenvalue weighted by molar-refractivity contribution is 14.1. The summed E-state index contributed by atoms with van der Waals surface area (Å²) in [5.41, 5.74) is 1.91. The van der Waals surface area contributed by atoms with E-state index in [4.69, 9.17) is 0 Å². The van der Waals surface area contributed by atoms with Gasteiger partial charge in [0, 0.05) is 5.69 Å². The predicted octanol–water partition coefficient (Wildman–Crippen LogP) is 2.51. The van der Waals surface area contributed by atoms with E-state index in [2.05, 4.69) is 37.8 Å². The molecule has 66 valence electrons. The van der Waals surface area contributed by atoms with Crippen molar-refractivity contribution in [2.24, 2.45) is 0 Å². The minimum atomic E-state index is 0.883. The Balaban J connectivity index is 2.46. The fourth-order valence-electron chi connectivity index (χ4n) is 0.971. The summed E-state index contributed by atoms with van der Waals surface area (Å²) in [6.45, 7) is 1.97. The Hall–Kier alpha value is -0.560. The molecule has 0 aromatic carbocycles. The van der Waals surface area contributed by atoms with Crippen molar-refractivity contribution >= 4 is 33.9 Å². The Morgan fingerprint density at radius 1 is 1.31 bits per heavy atom. The monoisotopic (exact) mass is 303 g/mol. The SMILES string of the molecule is Cc1cccc(-c2nnc(I)s2)n1. The molecule has 5 heteroatoms. The van der Waals surface area contributed by atoms with Gasteiger partial charge < -0.3 is 0 Å². The van der Waals surface area contributed by atoms with Crippen LogP contribution < -0.4 is 0 Å². The van der Waals surface area contributed by atoms with E-state index in [-0.39, 0.29) is 0 Å². The van der Waals surface area contributed by atoms with Crippen molar-refractivity contribution in [3.05, 3.63) is 26.9 Å². The minimum absolute atomic E-state index is 0.883. The quantitative estimate of drug-likeness (QED) is 0.760. The van der Waals surface area contributed by atoms with Gasteiger partial charge in [0.15, 0.2) is 8.02 Å². The van der Waals surface area contributed by atoms with E-state index in [9.17, 15) is 0 Å². The molecule has 0 saturated carbocycles. The van der Waals surface area contributed by atoms with Crippen molar-refractivity contribution in [3.8, 4) is 10.7 Å². The smallest absolute Gasteiger partial charge is 0.178 e. The maximum atomic E-state index is 4.36. The molecule has 0 N–H and O–H groups in total. The lowest BCUT2D eigenvalue weighted by Crippen LogP contribution is -1.84. The van der Waals surface area contributed by atoms with Crippen LogP contribution in [0, 0.1) is 9.94 Å². The molecule has 0 fully saturated rings. The van der Waals surface area contributed by atoms with Crippen LogP contribution in [0.3, 0.4) is 0 Å². The Bertz CT molecular complexity index is 427. The Morgan fingerprint density at radius 3 is 2.77 bits per heavy atom. The predicted molar refractivity (Wildman–Crippen MR) is 60.6 cm³/mol. The van der Waals surface area contributed by atoms with Crippen LogP contribution in [0.25, 0.3) is 10.7 Å². The first-order valence-corrected chi connectivity index (χ1v) is 5.58. The zero-order valence-electron chi connectivity index (χ0n) is 6.86. The normalized spacial score (nSPS) is 10.3. The second-order valence-corrected chi connectivity index (χ2v) is 5.26. The molecule has 13 heavy (non-hydrogen) atoms. The third kappa shape index (κ3) is 2.02. The second-order valence-electron chi connectivity index (χ2n) is 2.52. The highest BCUT2D eigenvalue weighted by atomic mass is 127. The van der Waals surface area contributed by atoms with Crippen molar-refractivity contribution in [2.45, 2.75) is 6.92 Å². The van der Waals surface area contributed by atoms with Crippen LogP contribution in [-0.4, -0.2) is 15.2 Å². The molecule has 0 saturated heterocycles. The van der Waals surface area contributed by atoms with Gasteiger partial charge in [0.05, 0.1) is 0 Å². The summed E-state index contributed by atoms with van der Waals surface area (Å²) in [6, 6.07) is 5.89. The highest BCUT2D eigenvalue weighted by Crippen LogP contribution is 2.22. The maximum Gasteiger partial charge on any atom is 0.178 e. The van der Waals surface area contributed by atoms with E-state index >= 15 is 0 Å². The largest absolute Gasteiger partial charge is 0.251 e. The molecule has 2 heterocycles. The van der Waals surface area contributed by atoms with Crippen LogP contribution in [0.15, 0.2) is 18.2 Å². The number of hydrogen-bond donors (Lipinski definition) is 0. The first kappa shape index (κ1) is 9.01. The van der Waals surface area contributed by atoms with Gasteiger partial charge in [-0.3, -0.25) is 4.98 Å². The van der Waals surface area contributed by atoms with Crippen molar-refractivity contribution in [2.75, 3.05) is 0 Å². The van der Waals surface area contributed by atoms with Crippen LogP contribution in [-0.2, 0) is 0 Å². The van der Waals surface area contributed by atoms with Crippen molar-refractivity contribution in [1.82, 2.24) is 15.2 Å². The number of halogens is 1. The lowest BCUT2D eigenvalue weighted by Gasteiger charge is -1.94. The standard InChI is InChI=1S/C8H6IN3S/c1-5-3-2-4-6(10-5)7-11-12-8(9)13-7/h2-4H,1H3. The summed E-state index contributed by atoms with van der Waals surface area (Å²) < 4.78 is 0.941. The van der Waals surface area contributed by atoms with Crippen LogP contribution in [0.5, 0.6) is 0 Å². The van der Waals surface area contributed by atoms with Gasteiger partial charge in [-0.05, 0) is 41.6 Å². The molecule has 0 radical (unpaired) electrons. The summed E-state index contributed by atoms with van der Waals surface area (Å²) >= 11 is 3.70. The topological polar surface area (TPSA) is 38.7 Å². The van der Waals surface area contributed by atoms with E-state index in [0.717, 1.165) is 19.4 Å². The molecule has 0 atom stereocenters. The molecule has 2 aromatic rings. The van der Waals surface area contributed by atoms with Crippen molar-refractivity contribution in [1.29, 1.82) is 0 Å². The number of aryl methyl sites for hydroxylation is 1. The van der Waals surface area contributed by atoms with Gasteiger partial charge in [0.1, 0.15) is 5.69 Å². The molecule has 0 aliphatic heterocycles. The molecule has 0 amide bonds. The number of rotatable bonds is 1. The molecular weight excluding hydrogens is 297 g/mol. The number of aromatic nitrogens is 3. The lowest BCUT2D eigenvalue weighted by atomic mass is 10.3. The van der Waals surface area contributed by atoms with E-state index in [0.29, 0.717) is 0 Å². The first-order chi connectivity index (χ1) is 6.25. The third-order valence-electron chi connectivity index (χ3n) is 1.51. The summed E-state index contributed by atoms with van der Waals surface area (Å²) in [4.78, 5) is 4.36. The Morgan fingerprint density at radius 2 is 2.15 bits per heavy atom. The van der Waals surface area contributed by atoms with Gasteiger partial charge in [-0.25, -0.2) is 0 Å². The molecule has 2 aromatic heterocycles. The zero-order valence-corrected chi connectivity index (χ0v) is 9.83. The van der Waals surface area contributed by atoms with Crippen LogP contribution in [0.1, 0.15) is 5.69 Å². The van der Waals surface area contributed by atoms with Gasteiger partial charge in [0.25, 0.3) is 0 Å². The van der Waals surface area contributed by atoms with Gasteiger partial charge in [-0.2, -0.15) is 0 Å². The van der Waals surface area contributed by atoms with Crippen LogP contribution >= 0.6 is 33.9 Å². The maximum absolute atomic E-state index is 4.36. The van der Waals surface area contributed by atoms with Crippen molar-refractivity contribution < 1.29 is 0 Å². The summed E-state index contributed by atoms with van der Waals surface area (Å²) in [7, 11) is 0. The average molecular weight is 303 g/mol. The number of nitrogens with zero attached hydrogens (tertiary/aromatic N) is 3. The Labute approximate surface area is 93.4 Å².